The van der Waals surface area contributed by atoms with Crippen LogP contribution in [-0.2, 0) is 16.4 Å². The fourth-order valence-corrected chi connectivity index (χ4v) is 4.09. The minimum absolute atomic E-state index is 0.176. The third-order valence-corrected chi connectivity index (χ3v) is 5.91. The molecule has 1 aromatic carbocycles. The Hall–Kier alpha value is -1.63. The molecule has 0 unspecified atom stereocenters. The van der Waals surface area contributed by atoms with Crippen molar-refractivity contribution in [3.63, 3.8) is 0 Å². The molecule has 1 aromatic heterocycles. The molecule has 0 radical (unpaired) electrons. The Morgan fingerprint density at radius 3 is 2.26 bits per heavy atom. The Morgan fingerprint density at radius 1 is 0.913 bits per heavy atom. The molecule has 124 valence electrons. The van der Waals surface area contributed by atoms with Crippen molar-refractivity contribution in [1.82, 2.24) is 9.80 Å². The summed E-state index contributed by atoms with van der Waals surface area (Å²) in [6.45, 7) is 5.07. The molecule has 1 aliphatic rings. The maximum absolute atomic E-state index is 12.3. The van der Waals surface area contributed by atoms with E-state index in [1.165, 1.54) is 0 Å². The lowest BCUT2D eigenvalue weighted by Crippen LogP contribution is -2.47. The second-order valence-electron chi connectivity index (χ2n) is 5.83. The zero-order valence-electron chi connectivity index (χ0n) is 13.1. The van der Waals surface area contributed by atoms with Crippen molar-refractivity contribution in [2.45, 2.75) is 11.4 Å². The summed E-state index contributed by atoms with van der Waals surface area (Å²) < 4.78 is 30.0. The highest BCUT2D eigenvalue weighted by molar-refractivity contribution is 7.91. The molecule has 23 heavy (non-hydrogen) atoms. The van der Waals surface area contributed by atoms with Crippen LogP contribution in [0.15, 0.2) is 58.0 Å². The first-order valence-electron chi connectivity index (χ1n) is 7.88. The maximum Gasteiger partial charge on any atom is 0.179 e. The molecule has 0 bridgehead atoms. The second-order valence-corrected chi connectivity index (χ2v) is 7.94. The fraction of sp³-hybridized carbons (Fsp3) is 0.412. The highest BCUT2D eigenvalue weighted by Crippen LogP contribution is 2.12. The Labute approximate surface area is 137 Å². The average molecular weight is 334 g/mol. The molecular weight excluding hydrogens is 312 g/mol. The molecule has 0 aliphatic carbocycles. The van der Waals surface area contributed by atoms with Gasteiger partial charge in [-0.15, -0.1) is 0 Å². The third-order valence-electron chi connectivity index (χ3n) is 4.20. The van der Waals surface area contributed by atoms with E-state index in [0.29, 0.717) is 11.4 Å². The van der Waals surface area contributed by atoms with Crippen molar-refractivity contribution in [3.05, 3.63) is 54.5 Å². The van der Waals surface area contributed by atoms with E-state index in [9.17, 15) is 8.42 Å². The molecule has 2 heterocycles. The number of hydrogen-bond acceptors (Lipinski definition) is 5. The Morgan fingerprint density at radius 2 is 1.61 bits per heavy atom. The summed E-state index contributed by atoms with van der Waals surface area (Å²) in [6.07, 6.45) is 1.69. The van der Waals surface area contributed by atoms with E-state index in [0.717, 1.165) is 38.5 Å². The van der Waals surface area contributed by atoms with E-state index >= 15 is 0 Å². The first-order valence-corrected chi connectivity index (χ1v) is 9.54. The van der Waals surface area contributed by atoms with Crippen molar-refractivity contribution >= 4 is 9.84 Å². The van der Waals surface area contributed by atoms with Gasteiger partial charge in [0, 0.05) is 32.7 Å². The minimum Gasteiger partial charge on any atom is -0.468 e. The molecule has 1 fully saturated rings. The molecule has 5 nitrogen and oxygen atoms in total. The second kappa shape index (κ2) is 7.29. The van der Waals surface area contributed by atoms with Crippen LogP contribution in [0.25, 0.3) is 0 Å². The summed E-state index contributed by atoms with van der Waals surface area (Å²) in [5.41, 5.74) is 0. The minimum atomic E-state index is -3.18. The summed E-state index contributed by atoms with van der Waals surface area (Å²) in [5, 5.41) is 0. The lowest BCUT2D eigenvalue weighted by molar-refractivity contribution is 0.126. The van der Waals surface area contributed by atoms with Gasteiger partial charge in [-0.25, -0.2) is 8.42 Å². The predicted octanol–water partition coefficient (Wildman–Crippen LogP) is 1.87. The number of benzene rings is 1. The van der Waals surface area contributed by atoms with Crippen molar-refractivity contribution in [2.24, 2.45) is 0 Å². The van der Waals surface area contributed by atoms with Gasteiger partial charge in [-0.1, -0.05) is 18.2 Å². The first-order chi connectivity index (χ1) is 11.1. The summed E-state index contributed by atoms with van der Waals surface area (Å²) in [6, 6.07) is 12.6. The smallest absolute Gasteiger partial charge is 0.179 e. The van der Waals surface area contributed by atoms with Crippen molar-refractivity contribution < 1.29 is 12.8 Å². The first kappa shape index (κ1) is 16.2. The summed E-state index contributed by atoms with van der Waals surface area (Å²) >= 11 is 0. The Kier molecular flexibility index (Phi) is 5.15. The Balaban J connectivity index is 1.46. The number of hydrogen-bond donors (Lipinski definition) is 0. The SMILES string of the molecule is O=S(=O)(CCN1CCN(Cc2ccco2)CC1)c1ccccc1. The normalized spacial score (nSPS) is 17.4. The van der Waals surface area contributed by atoms with Gasteiger partial charge in [-0.05, 0) is 24.3 Å². The molecule has 1 aliphatic heterocycles. The van der Waals surface area contributed by atoms with Gasteiger partial charge in [0.1, 0.15) is 5.76 Å². The van der Waals surface area contributed by atoms with Crippen LogP contribution in [0.3, 0.4) is 0 Å². The lowest BCUT2D eigenvalue weighted by atomic mass is 10.3. The molecule has 6 heteroatoms. The standard InChI is InChI=1S/C17H22N2O3S/c20-23(21,17-6-2-1-3-7-17)14-12-18-8-10-19(11-9-18)15-16-5-4-13-22-16/h1-7,13H,8-12,14-15H2. The van der Waals surface area contributed by atoms with Crippen LogP contribution in [0.4, 0.5) is 0 Å². The van der Waals surface area contributed by atoms with E-state index < -0.39 is 9.84 Å². The van der Waals surface area contributed by atoms with Crippen molar-refractivity contribution in [1.29, 1.82) is 0 Å². The van der Waals surface area contributed by atoms with E-state index in [2.05, 4.69) is 9.80 Å². The van der Waals surface area contributed by atoms with E-state index in [1.54, 1.807) is 30.5 Å². The van der Waals surface area contributed by atoms with Crippen LogP contribution in [0.2, 0.25) is 0 Å². The molecule has 1 saturated heterocycles. The zero-order chi connectivity index (χ0) is 16.1. The average Bonchev–Trinajstić information content (AvgIpc) is 3.08. The molecule has 3 rings (SSSR count). The van der Waals surface area contributed by atoms with E-state index in [4.69, 9.17) is 4.42 Å². The summed E-state index contributed by atoms with van der Waals surface area (Å²) in [7, 11) is -3.18. The van der Waals surface area contributed by atoms with Crippen LogP contribution in [0.5, 0.6) is 0 Å². The fourth-order valence-electron chi connectivity index (χ4n) is 2.79. The van der Waals surface area contributed by atoms with E-state index in [-0.39, 0.29) is 5.75 Å². The summed E-state index contributed by atoms with van der Waals surface area (Å²) in [5.74, 6) is 1.15. The van der Waals surface area contributed by atoms with Gasteiger partial charge in [0.15, 0.2) is 9.84 Å². The van der Waals surface area contributed by atoms with Gasteiger partial charge >= 0.3 is 0 Å². The Bertz CT molecular complexity index is 691. The van der Waals surface area contributed by atoms with Crippen molar-refractivity contribution in [2.75, 3.05) is 38.5 Å². The van der Waals surface area contributed by atoms with Crippen LogP contribution in [0.1, 0.15) is 5.76 Å². The molecule has 0 saturated carbocycles. The number of rotatable bonds is 6. The number of sulfone groups is 1. The quantitative estimate of drug-likeness (QED) is 0.807. The highest BCUT2D eigenvalue weighted by atomic mass is 32.2. The monoisotopic (exact) mass is 334 g/mol. The lowest BCUT2D eigenvalue weighted by Gasteiger charge is -2.34. The van der Waals surface area contributed by atoms with Crippen molar-refractivity contribution in [3.8, 4) is 0 Å². The largest absolute Gasteiger partial charge is 0.468 e. The molecule has 0 spiro atoms. The maximum atomic E-state index is 12.3. The van der Waals surface area contributed by atoms with Crippen LogP contribution in [0, 0.1) is 0 Å². The van der Waals surface area contributed by atoms with E-state index in [1.807, 2.05) is 18.2 Å². The van der Waals surface area contributed by atoms with Gasteiger partial charge in [0.05, 0.1) is 23.5 Å². The molecule has 2 aromatic rings. The number of nitrogens with zero attached hydrogens (tertiary/aromatic N) is 2. The van der Waals surface area contributed by atoms with Gasteiger partial charge in [-0.2, -0.15) is 0 Å². The summed E-state index contributed by atoms with van der Waals surface area (Å²) in [4.78, 5) is 4.97. The predicted molar refractivity (Wildman–Crippen MR) is 88.9 cm³/mol. The van der Waals surface area contributed by atoms with Gasteiger partial charge in [-0.3, -0.25) is 9.80 Å². The van der Waals surface area contributed by atoms with Gasteiger partial charge in [0.25, 0.3) is 0 Å². The van der Waals surface area contributed by atoms with Crippen LogP contribution >= 0.6 is 0 Å². The number of furan rings is 1. The van der Waals surface area contributed by atoms with Crippen LogP contribution in [-0.4, -0.2) is 56.7 Å². The highest BCUT2D eigenvalue weighted by Gasteiger charge is 2.20. The van der Waals surface area contributed by atoms with Gasteiger partial charge in [0.2, 0.25) is 0 Å². The molecule has 0 amide bonds. The molecular formula is C17H22N2O3S. The third kappa shape index (κ3) is 4.43. The molecule has 0 N–H and O–H groups in total. The van der Waals surface area contributed by atoms with Gasteiger partial charge < -0.3 is 4.42 Å². The number of piperazine rings is 1. The zero-order valence-corrected chi connectivity index (χ0v) is 13.9. The van der Waals surface area contributed by atoms with Crippen LogP contribution < -0.4 is 0 Å². The topological polar surface area (TPSA) is 53.8 Å². The molecule has 0 atom stereocenters.